The van der Waals surface area contributed by atoms with Crippen molar-refractivity contribution in [2.45, 2.75) is 0 Å². The van der Waals surface area contributed by atoms with E-state index in [1.807, 2.05) is 24.3 Å². The molecule has 0 spiro atoms. The van der Waals surface area contributed by atoms with E-state index in [2.05, 4.69) is 18.2 Å². The molecule has 0 nitrogen and oxygen atoms in total. The number of benzene rings is 3. The van der Waals surface area contributed by atoms with Crippen LogP contribution in [0.2, 0.25) is 0 Å². The average molecular weight is 220 g/mol. The summed E-state index contributed by atoms with van der Waals surface area (Å²) in [5, 5.41) is 2.35. The molecule has 0 heterocycles. The maximum absolute atomic E-state index is 14.0. The number of rotatable bonds is 0. The van der Waals surface area contributed by atoms with Crippen LogP contribution < -0.4 is 0 Å². The SMILES string of the molecule is Fc1cccc2c1-c1cccc3cccc-2c13. The van der Waals surface area contributed by atoms with Gasteiger partial charge in [0.1, 0.15) is 5.82 Å². The summed E-state index contributed by atoms with van der Waals surface area (Å²) in [6.45, 7) is 0. The molecule has 4 rings (SSSR count). The first-order chi connectivity index (χ1) is 8.36. The van der Waals surface area contributed by atoms with Gasteiger partial charge in [-0.05, 0) is 33.5 Å². The van der Waals surface area contributed by atoms with Gasteiger partial charge in [-0.3, -0.25) is 0 Å². The highest BCUT2D eigenvalue weighted by Crippen LogP contribution is 2.47. The first kappa shape index (κ1) is 8.94. The van der Waals surface area contributed by atoms with Gasteiger partial charge in [0.25, 0.3) is 0 Å². The molecule has 17 heavy (non-hydrogen) atoms. The fourth-order valence-electron chi connectivity index (χ4n) is 2.80. The second-order valence-electron chi connectivity index (χ2n) is 4.37. The zero-order chi connectivity index (χ0) is 11.4. The average Bonchev–Trinajstić information content (AvgIpc) is 2.69. The zero-order valence-electron chi connectivity index (χ0n) is 9.07. The van der Waals surface area contributed by atoms with Gasteiger partial charge in [-0.1, -0.05) is 48.5 Å². The Bertz CT molecular complexity index is 751. The minimum Gasteiger partial charge on any atom is -0.206 e. The van der Waals surface area contributed by atoms with Gasteiger partial charge in [0.2, 0.25) is 0 Å². The third-order valence-corrected chi connectivity index (χ3v) is 3.48. The van der Waals surface area contributed by atoms with E-state index in [0.717, 1.165) is 22.3 Å². The summed E-state index contributed by atoms with van der Waals surface area (Å²) in [4.78, 5) is 0. The first-order valence-corrected chi connectivity index (χ1v) is 5.67. The Morgan fingerprint density at radius 3 is 2.12 bits per heavy atom. The Morgan fingerprint density at radius 2 is 1.29 bits per heavy atom. The number of halogens is 1. The molecule has 0 aliphatic heterocycles. The lowest BCUT2D eigenvalue weighted by atomic mass is 10.0. The summed E-state index contributed by atoms with van der Waals surface area (Å²) in [7, 11) is 0. The summed E-state index contributed by atoms with van der Waals surface area (Å²) < 4.78 is 14.0. The second-order valence-corrected chi connectivity index (χ2v) is 4.37. The van der Waals surface area contributed by atoms with Crippen molar-refractivity contribution in [3.8, 4) is 22.3 Å². The molecule has 3 aromatic rings. The molecule has 0 aromatic heterocycles. The van der Waals surface area contributed by atoms with Gasteiger partial charge in [-0.2, -0.15) is 0 Å². The second kappa shape index (κ2) is 2.95. The van der Waals surface area contributed by atoms with Gasteiger partial charge >= 0.3 is 0 Å². The van der Waals surface area contributed by atoms with Gasteiger partial charge < -0.3 is 0 Å². The molecule has 0 bridgehead atoms. The van der Waals surface area contributed by atoms with Crippen LogP contribution in [-0.2, 0) is 0 Å². The lowest BCUT2D eigenvalue weighted by Crippen LogP contribution is -1.81. The molecule has 0 N–H and O–H groups in total. The monoisotopic (exact) mass is 220 g/mol. The van der Waals surface area contributed by atoms with Crippen LogP contribution in [0.5, 0.6) is 0 Å². The van der Waals surface area contributed by atoms with E-state index < -0.39 is 0 Å². The van der Waals surface area contributed by atoms with Gasteiger partial charge in [0.05, 0.1) is 0 Å². The summed E-state index contributed by atoms with van der Waals surface area (Å²) in [6.07, 6.45) is 0. The van der Waals surface area contributed by atoms with Crippen LogP contribution in [0.1, 0.15) is 0 Å². The first-order valence-electron chi connectivity index (χ1n) is 5.67. The summed E-state index contributed by atoms with van der Waals surface area (Å²) >= 11 is 0. The van der Waals surface area contributed by atoms with Crippen molar-refractivity contribution >= 4 is 10.8 Å². The third kappa shape index (κ3) is 1.01. The Labute approximate surface area is 98.3 Å². The van der Waals surface area contributed by atoms with Crippen molar-refractivity contribution in [3.05, 3.63) is 60.4 Å². The van der Waals surface area contributed by atoms with E-state index in [1.165, 1.54) is 16.8 Å². The van der Waals surface area contributed by atoms with E-state index in [0.29, 0.717) is 0 Å². The lowest BCUT2D eigenvalue weighted by molar-refractivity contribution is 0.632. The molecule has 1 heteroatoms. The Hall–Kier alpha value is -2.15. The topological polar surface area (TPSA) is 0 Å². The summed E-state index contributed by atoms with van der Waals surface area (Å²) in [5.74, 6) is -0.133. The van der Waals surface area contributed by atoms with Gasteiger partial charge in [0, 0.05) is 5.56 Å². The van der Waals surface area contributed by atoms with E-state index in [9.17, 15) is 4.39 Å². The molecule has 1 aliphatic rings. The quantitative estimate of drug-likeness (QED) is 0.405. The van der Waals surface area contributed by atoms with Crippen LogP contribution in [0, 0.1) is 5.82 Å². The Kier molecular flexibility index (Phi) is 1.55. The molecule has 1 aliphatic carbocycles. The van der Waals surface area contributed by atoms with Crippen LogP contribution in [0.3, 0.4) is 0 Å². The molecular weight excluding hydrogens is 211 g/mol. The largest absolute Gasteiger partial charge is 0.206 e. The summed E-state index contributed by atoms with van der Waals surface area (Å²) in [6, 6.07) is 17.5. The van der Waals surface area contributed by atoms with Crippen molar-refractivity contribution in [1.82, 2.24) is 0 Å². The maximum atomic E-state index is 14.0. The minimum absolute atomic E-state index is 0.133. The normalized spacial score (nSPS) is 11.8. The van der Waals surface area contributed by atoms with E-state index in [1.54, 1.807) is 6.07 Å². The Morgan fingerprint density at radius 1 is 0.647 bits per heavy atom. The maximum Gasteiger partial charge on any atom is 0.131 e. The summed E-state index contributed by atoms with van der Waals surface area (Å²) in [5.41, 5.74) is 3.93. The van der Waals surface area contributed by atoms with E-state index in [-0.39, 0.29) is 5.82 Å². The molecule has 80 valence electrons. The highest BCUT2D eigenvalue weighted by Gasteiger charge is 2.23. The molecule has 0 saturated carbocycles. The van der Waals surface area contributed by atoms with Crippen LogP contribution in [0.15, 0.2) is 54.6 Å². The van der Waals surface area contributed by atoms with Crippen molar-refractivity contribution in [2.75, 3.05) is 0 Å². The number of fused-ring (bicyclic) bond motifs is 3. The molecule has 0 amide bonds. The minimum atomic E-state index is -0.133. The standard InChI is InChI=1S/C16H9F/c17-14-9-3-7-12-11-6-1-4-10-5-2-8-13(15(10)11)16(12)14/h1-9H. The number of hydrogen-bond acceptors (Lipinski definition) is 0. The fraction of sp³-hybridized carbons (Fsp3) is 0. The van der Waals surface area contributed by atoms with Gasteiger partial charge in [-0.15, -0.1) is 0 Å². The smallest absolute Gasteiger partial charge is 0.131 e. The van der Waals surface area contributed by atoms with Gasteiger partial charge in [0.15, 0.2) is 0 Å². The predicted molar refractivity (Wildman–Crippen MR) is 68.3 cm³/mol. The fourth-order valence-corrected chi connectivity index (χ4v) is 2.80. The molecule has 0 fully saturated rings. The predicted octanol–water partition coefficient (Wildman–Crippen LogP) is 4.63. The van der Waals surface area contributed by atoms with E-state index >= 15 is 0 Å². The molecular formula is C16H9F. The zero-order valence-corrected chi connectivity index (χ0v) is 9.07. The molecule has 0 radical (unpaired) electrons. The van der Waals surface area contributed by atoms with Crippen molar-refractivity contribution < 1.29 is 4.39 Å². The molecule has 0 atom stereocenters. The molecule has 0 saturated heterocycles. The van der Waals surface area contributed by atoms with E-state index in [4.69, 9.17) is 0 Å². The third-order valence-electron chi connectivity index (χ3n) is 3.48. The Balaban J connectivity index is 2.31. The van der Waals surface area contributed by atoms with Crippen LogP contribution in [0.25, 0.3) is 33.0 Å². The van der Waals surface area contributed by atoms with Crippen LogP contribution >= 0.6 is 0 Å². The van der Waals surface area contributed by atoms with Crippen LogP contribution in [0.4, 0.5) is 4.39 Å². The highest BCUT2D eigenvalue weighted by molar-refractivity contribution is 6.15. The molecule has 3 aromatic carbocycles. The van der Waals surface area contributed by atoms with Crippen molar-refractivity contribution in [3.63, 3.8) is 0 Å². The van der Waals surface area contributed by atoms with Crippen molar-refractivity contribution in [1.29, 1.82) is 0 Å². The molecule has 0 unspecified atom stereocenters. The van der Waals surface area contributed by atoms with Crippen molar-refractivity contribution in [2.24, 2.45) is 0 Å². The highest BCUT2D eigenvalue weighted by atomic mass is 19.1. The van der Waals surface area contributed by atoms with Gasteiger partial charge in [-0.25, -0.2) is 4.39 Å². The lowest BCUT2D eigenvalue weighted by Gasteiger charge is -2.01. The van der Waals surface area contributed by atoms with Crippen LogP contribution in [-0.4, -0.2) is 0 Å². The number of hydrogen-bond donors (Lipinski definition) is 0.